The van der Waals surface area contributed by atoms with E-state index in [9.17, 15) is 9.59 Å². The van der Waals surface area contributed by atoms with Gasteiger partial charge in [-0.25, -0.2) is 4.98 Å². The molecule has 2 aromatic rings. The highest BCUT2D eigenvalue weighted by molar-refractivity contribution is 5.94. The standard InChI is InChI=1S/C24H35N3O3/c1-6-9-10-19-11-13-20(14-12-19)24(29)27(18(5)8-3)15-22-26-21(16-30-22)23(28)25-17(4)7-2/h11-14,16-18H,6-10,15H2,1-5H3,(H,25,28)/t17-,18-/m1/s1. The van der Waals surface area contributed by atoms with Gasteiger partial charge in [-0.1, -0.05) is 39.3 Å². The summed E-state index contributed by atoms with van der Waals surface area (Å²) in [6, 6.07) is 7.92. The molecule has 1 N–H and O–H groups in total. The molecule has 0 unspecified atom stereocenters. The second-order valence-corrected chi connectivity index (χ2v) is 7.90. The van der Waals surface area contributed by atoms with Crippen molar-refractivity contribution in [3.05, 3.63) is 53.2 Å². The number of hydrogen-bond acceptors (Lipinski definition) is 4. The predicted octanol–water partition coefficient (Wildman–Crippen LogP) is 4.99. The van der Waals surface area contributed by atoms with Gasteiger partial charge in [0.15, 0.2) is 5.69 Å². The summed E-state index contributed by atoms with van der Waals surface area (Å²) in [5.41, 5.74) is 2.13. The van der Waals surface area contributed by atoms with E-state index < -0.39 is 0 Å². The molecular weight excluding hydrogens is 378 g/mol. The molecule has 2 rings (SSSR count). The van der Waals surface area contributed by atoms with Crippen LogP contribution in [0.25, 0.3) is 0 Å². The molecule has 0 aliphatic rings. The number of amides is 2. The van der Waals surface area contributed by atoms with Gasteiger partial charge in [0, 0.05) is 17.6 Å². The van der Waals surface area contributed by atoms with Crippen molar-refractivity contribution in [2.24, 2.45) is 0 Å². The van der Waals surface area contributed by atoms with Gasteiger partial charge in [-0.2, -0.15) is 0 Å². The molecule has 0 fully saturated rings. The summed E-state index contributed by atoms with van der Waals surface area (Å²) in [7, 11) is 0. The smallest absolute Gasteiger partial charge is 0.273 e. The third-order valence-electron chi connectivity index (χ3n) is 5.48. The Morgan fingerprint density at radius 2 is 1.80 bits per heavy atom. The zero-order valence-corrected chi connectivity index (χ0v) is 18.9. The summed E-state index contributed by atoms with van der Waals surface area (Å²) >= 11 is 0. The van der Waals surface area contributed by atoms with Gasteiger partial charge in [0.25, 0.3) is 11.8 Å². The van der Waals surface area contributed by atoms with Crippen LogP contribution < -0.4 is 5.32 Å². The molecule has 1 heterocycles. The largest absolute Gasteiger partial charge is 0.446 e. The minimum absolute atomic E-state index is 0.0153. The lowest BCUT2D eigenvalue weighted by Crippen LogP contribution is -2.38. The maximum Gasteiger partial charge on any atom is 0.273 e. The normalized spacial score (nSPS) is 13.0. The van der Waals surface area contributed by atoms with Crippen LogP contribution in [0.3, 0.4) is 0 Å². The summed E-state index contributed by atoms with van der Waals surface area (Å²) in [5.74, 6) is 0.0381. The average molecular weight is 414 g/mol. The van der Waals surface area contributed by atoms with E-state index in [0.717, 1.165) is 32.1 Å². The number of unbranched alkanes of at least 4 members (excludes halogenated alkanes) is 1. The van der Waals surface area contributed by atoms with E-state index in [0.29, 0.717) is 11.5 Å². The molecule has 0 saturated carbocycles. The highest BCUT2D eigenvalue weighted by atomic mass is 16.3. The lowest BCUT2D eigenvalue weighted by molar-refractivity contribution is 0.0652. The Kier molecular flexibility index (Phi) is 9.09. The van der Waals surface area contributed by atoms with E-state index in [4.69, 9.17) is 4.42 Å². The van der Waals surface area contributed by atoms with Crippen molar-refractivity contribution in [3.63, 3.8) is 0 Å². The van der Waals surface area contributed by atoms with Crippen LogP contribution in [0.4, 0.5) is 0 Å². The maximum absolute atomic E-state index is 13.2. The van der Waals surface area contributed by atoms with E-state index in [2.05, 4.69) is 17.2 Å². The summed E-state index contributed by atoms with van der Waals surface area (Å²) in [6.45, 7) is 10.4. The third kappa shape index (κ3) is 6.44. The fraction of sp³-hybridized carbons (Fsp3) is 0.542. The molecule has 164 valence electrons. The maximum atomic E-state index is 13.2. The van der Waals surface area contributed by atoms with Crippen molar-refractivity contribution >= 4 is 11.8 Å². The van der Waals surface area contributed by atoms with Crippen LogP contribution in [0.1, 0.15) is 92.6 Å². The Morgan fingerprint density at radius 3 is 2.40 bits per heavy atom. The number of oxazole rings is 1. The number of hydrogen-bond donors (Lipinski definition) is 1. The number of nitrogens with one attached hydrogen (secondary N) is 1. The first-order chi connectivity index (χ1) is 14.4. The van der Waals surface area contributed by atoms with E-state index in [-0.39, 0.29) is 36.1 Å². The van der Waals surface area contributed by atoms with Crippen LogP contribution in [0.5, 0.6) is 0 Å². The molecule has 0 spiro atoms. The zero-order valence-electron chi connectivity index (χ0n) is 18.9. The van der Waals surface area contributed by atoms with Crippen molar-refractivity contribution in [3.8, 4) is 0 Å². The SMILES string of the molecule is CCCCc1ccc(C(=O)N(Cc2nc(C(=O)N[C@H](C)CC)co2)[C@H](C)CC)cc1. The quantitative estimate of drug-likeness (QED) is 0.563. The van der Waals surface area contributed by atoms with Gasteiger partial charge in [0.2, 0.25) is 5.89 Å². The second-order valence-electron chi connectivity index (χ2n) is 7.90. The molecule has 0 aliphatic heterocycles. The number of benzene rings is 1. The summed E-state index contributed by atoms with van der Waals surface area (Å²) in [4.78, 5) is 31.5. The van der Waals surface area contributed by atoms with Gasteiger partial charge in [-0.15, -0.1) is 0 Å². The van der Waals surface area contributed by atoms with Gasteiger partial charge in [-0.3, -0.25) is 9.59 Å². The molecule has 0 aliphatic carbocycles. The molecule has 2 amide bonds. The molecule has 2 atom stereocenters. The fourth-order valence-corrected chi connectivity index (χ4v) is 3.04. The van der Waals surface area contributed by atoms with E-state index in [1.165, 1.54) is 11.8 Å². The lowest BCUT2D eigenvalue weighted by atomic mass is 10.1. The Labute approximate surface area is 180 Å². The van der Waals surface area contributed by atoms with E-state index in [1.807, 2.05) is 52.0 Å². The topological polar surface area (TPSA) is 75.4 Å². The molecule has 6 heteroatoms. The predicted molar refractivity (Wildman–Crippen MR) is 118 cm³/mol. The van der Waals surface area contributed by atoms with Crippen molar-refractivity contribution < 1.29 is 14.0 Å². The van der Waals surface area contributed by atoms with Gasteiger partial charge < -0.3 is 14.6 Å². The van der Waals surface area contributed by atoms with Crippen molar-refractivity contribution in [2.45, 2.75) is 85.4 Å². The van der Waals surface area contributed by atoms with Crippen molar-refractivity contribution in [1.82, 2.24) is 15.2 Å². The molecule has 0 radical (unpaired) electrons. The zero-order chi connectivity index (χ0) is 22.1. The van der Waals surface area contributed by atoms with Crippen LogP contribution in [0.15, 0.2) is 34.9 Å². The Morgan fingerprint density at radius 1 is 1.10 bits per heavy atom. The van der Waals surface area contributed by atoms with Gasteiger partial charge >= 0.3 is 0 Å². The summed E-state index contributed by atoms with van der Waals surface area (Å²) in [5, 5.41) is 2.87. The molecule has 1 aromatic carbocycles. The van der Waals surface area contributed by atoms with Crippen LogP contribution in [-0.4, -0.2) is 33.8 Å². The number of nitrogens with zero attached hydrogens (tertiary/aromatic N) is 2. The van der Waals surface area contributed by atoms with Gasteiger partial charge in [0.1, 0.15) is 6.26 Å². The van der Waals surface area contributed by atoms with Crippen LogP contribution >= 0.6 is 0 Å². The van der Waals surface area contributed by atoms with Crippen molar-refractivity contribution in [2.75, 3.05) is 0 Å². The number of rotatable bonds is 11. The number of carbonyl (C=O) groups excluding carboxylic acids is 2. The molecule has 30 heavy (non-hydrogen) atoms. The van der Waals surface area contributed by atoms with E-state index >= 15 is 0 Å². The number of aryl methyl sites for hydroxylation is 1. The summed E-state index contributed by atoms with van der Waals surface area (Å²) < 4.78 is 5.51. The van der Waals surface area contributed by atoms with Gasteiger partial charge in [-0.05, 0) is 57.2 Å². The highest BCUT2D eigenvalue weighted by Gasteiger charge is 2.24. The third-order valence-corrected chi connectivity index (χ3v) is 5.48. The Bertz CT molecular complexity index is 813. The first kappa shape index (κ1) is 23.6. The highest BCUT2D eigenvalue weighted by Crippen LogP contribution is 2.17. The number of aromatic nitrogens is 1. The average Bonchev–Trinajstić information content (AvgIpc) is 3.24. The fourth-order valence-electron chi connectivity index (χ4n) is 3.04. The Hall–Kier alpha value is -2.63. The Balaban J connectivity index is 2.13. The second kappa shape index (κ2) is 11.5. The molecule has 1 aromatic heterocycles. The monoisotopic (exact) mass is 413 g/mol. The number of carbonyl (C=O) groups is 2. The molecule has 0 bridgehead atoms. The van der Waals surface area contributed by atoms with Crippen LogP contribution in [0.2, 0.25) is 0 Å². The molecule has 0 saturated heterocycles. The minimum Gasteiger partial charge on any atom is -0.446 e. The van der Waals surface area contributed by atoms with Crippen LogP contribution in [-0.2, 0) is 13.0 Å². The minimum atomic E-state index is -0.261. The summed E-state index contributed by atoms with van der Waals surface area (Å²) in [6.07, 6.45) is 6.32. The van der Waals surface area contributed by atoms with E-state index in [1.54, 1.807) is 4.90 Å². The first-order valence-electron chi connectivity index (χ1n) is 11.0. The molecular formula is C24H35N3O3. The first-order valence-corrected chi connectivity index (χ1v) is 11.0. The van der Waals surface area contributed by atoms with Crippen molar-refractivity contribution in [1.29, 1.82) is 0 Å². The lowest BCUT2D eigenvalue weighted by Gasteiger charge is -2.27. The van der Waals surface area contributed by atoms with Gasteiger partial charge in [0.05, 0.1) is 6.54 Å². The molecule has 6 nitrogen and oxygen atoms in total. The van der Waals surface area contributed by atoms with Crippen LogP contribution in [0, 0.1) is 0 Å².